The lowest BCUT2D eigenvalue weighted by Crippen LogP contribution is -2.13. The number of carbonyl (C=O) groups excluding carboxylic acids is 1. The van der Waals surface area contributed by atoms with E-state index in [0.717, 1.165) is 35.4 Å². The molecule has 0 radical (unpaired) electrons. The van der Waals surface area contributed by atoms with E-state index in [-0.39, 0.29) is 5.78 Å². The van der Waals surface area contributed by atoms with E-state index in [1.54, 1.807) is 13.3 Å². The minimum absolute atomic E-state index is 0.147. The van der Waals surface area contributed by atoms with Crippen molar-refractivity contribution in [3.05, 3.63) is 41.2 Å². The monoisotopic (exact) mass is 268 g/mol. The van der Waals surface area contributed by atoms with Crippen molar-refractivity contribution in [1.82, 2.24) is 9.97 Å². The number of methoxy groups -OCH3 is 1. The van der Waals surface area contributed by atoms with Crippen LogP contribution in [-0.2, 0) is 6.42 Å². The Morgan fingerprint density at radius 1 is 1.20 bits per heavy atom. The van der Waals surface area contributed by atoms with Gasteiger partial charge >= 0.3 is 0 Å². The van der Waals surface area contributed by atoms with Crippen LogP contribution in [0.25, 0.3) is 11.4 Å². The zero-order valence-electron chi connectivity index (χ0n) is 11.6. The van der Waals surface area contributed by atoms with Gasteiger partial charge in [0.1, 0.15) is 5.75 Å². The van der Waals surface area contributed by atoms with Crippen LogP contribution >= 0.6 is 0 Å². The molecule has 4 nitrogen and oxygen atoms in total. The molecule has 0 aliphatic heterocycles. The maximum absolute atomic E-state index is 11.8. The van der Waals surface area contributed by atoms with E-state index >= 15 is 0 Å². The van der Waals surface area contributed by atoms with Gasteiger partial charge in [-0.15, -0.1) is 0 Å². The van der Waals surface area contributed by atoms with Gasteiger partial charge in [-0.2, -0.15) is 0 Å². The summed E-state index contributed by atoms with van der Waals surface area (Å²) in [5.74, 6) is 1.52. The molecule has 4 heteroatoms. The second kappa shape index (κ2) is 5.04. The summed E-state index contributed by atoms with van der Waals surface area (Å²) in [5.41, 5.74) is 3.51. The lowest BCUT2D eigenvalue weighted by Gasteiger charge is -2.15. The second-order valence-corrected chi connectivity index (χ2v) is 5.03. The van der Waals surface area contributed by atoms with Crippen molar-refractivity contribution >= 4 is 5.78 Å². The molecule has 1 aliphatic rings. The third-order valence-electron chi connectivity index (χ3n) is 3.58. The fraction of sp³-hybridized carbons (Fsp3) is 0.312. The molecule has 1 aliphatic carbocycles. The van der Waals surface area contributed by atoms with Crippen molar-refractivity contribution in [3.63, 3.8) is 0 Å². The third kappa shape index (κ3) is 2.18. The molecule has 1 aromatic heterocycles. The lowest BCUT2D eigenvalue weighted by molar-refractivity contribution is 0.0971. The number of nitrogens with zero attached hydrogens (tertiary/aromatic N) is 2. The first-order valence-corrected chi connectivity index (χ1v) is 6.73. The number of ether oxygens (including phenoxy) is 1. The molecular formula is C16H16N2O2. The summed E-state index contributed by atoms with van der Waals surface area (Å²) < 4.78 is 5.40. The van der Waals surface area contributed by atoms with Crippen molar-refractivity contribution < 1.29 is 9.53 Å². The van der Waals surface area contributed by atoms with Gasteiger partial charge in [-0.05, 0) is 37.5 Å². The number of ketones is 1. The van der Waals surface area contributed by atoms with Crippen LogP contribution in [0.4, 0.5) is 0 Å². The first-order valence-electron chi connectivity index (χ1n) is 6.73. The number of fused-ring (bicyclic) bond motifs is 1. The molecule has 0 saturated carbocycles. The Bertz CT molecular complexity index is 680. The summed E-state index contributed by atoms with van der Waals surface area (Å²) >= 11 is 0. The van der Waals surface area contributed by atoms with Gasteiger partial charge in [-0.25, -0.2) is 9.97 Å². The van der Waals surface area contributed by atoms with Crippen molar-refractivity contribution in [1.29, 1.82) is 0 Å². The van der Waals surface area contributed by atoms with Crippen LogP contribution in [-0.4, -0.2) is 22.9 Å². The Labute approximate surface area is 117 Å². The summed E-state index contributed by atoms with van der Waals surface area (Å²) in [6, 6.07) is 5.93. The van der Waals surface area contributed by atoms with E-state index in [1.807, 2.05) is 25.1 Å². The van der Waals surface area contributed by atoms with Crippen molar-refractivity contribution in [2.75, 3.05) is 7.11 Å². The standard InChI is InChI=1S/C16H16N2O2/c1-10-6-7-11(15(8-10)20-2)16-17-9-12-13(18-16)4-3-5-14(12)19/h6-9H,3-5H2,1-2H3. The third-order valence-corrected chi connectivity index (χ3v) is 3.58. The predicted molar refractivity (Wildman–Crippen MR) is 76.0 cm³/mol. The highest BCUT2D eigenvalue weighted by Gasteiger charge is 2.20. The molecule has 0 spiro atoms. The average Bonchev–Trinajstić information content (AvgIpc) is 2.47. The number of aryl methyl sites for hydroxylation is 2. The maximum Gasteiger partial charge on any atom is 0.166 e. The lowest BCUT2D eigenvalue weighted by atomic mass is 9.96. The number of carbonyl (C=O) groups is 1. The smallest absolute Gasteiger partial charge is 0.166 e. The van der Waals surface area contributed by atoms with E-state index in [2.05, 4.69) is 9.97 Å². The highest BCUT2D eigenvalue weighted by molar-refractivity contribution is 5.97. The molecule has 1 heterocycles. The summed E-state index contributed by atoms with van der Waals surface area (Å²) in [6.45, 7) is 2.01. The van der Waals surface area contributed by atoms with E-state index in [0.29, 0.717) is 17.8 Å². The Morgan fingerprint density at radius 3 is 2.85 bits per heavy atom. The molecule has 0 atom stereocenters. The quantitative estimate of drug-likeness (QED) is 0.840. The Kier molecular flexibility index (Phi) is 3.22. The zero-order chi connectivity index (χ0) is 14.1. The average molecular weight is 268 g/mol. The van der Waals surface area contributed by atoms with E-state index in [1.165, 1.54) is 0 Å². The Morgan fingerprint density at radius 2 is 2.05 bits per heavy atom. The van der Waals surface area contributed by atoms with Gasteiger partial charge in [0.05, 0.1) is 23.9 Å². The predicted octanol–water partition coefficient (Wildman–Crippen LogP) is 2.98. The summed E-state index contributed by atoms with van der Waals surface area (Å²) in [4.78, 5) is 20.7. The van der Waals surface area contributed by atoms with E-state index in [4.69, 9.17) is 4.74 Å². The topological polar surface area (TPSA) is 52.1 Å². The van der Waals surface area contributed by atoms with E-state index < -0.39 is 0 Å². The number of Topliss-reactive ketones (excluding diaryl/α,β-unsaturated/α-hetero) is 1. The molecule has 0 bridgehead atoms. The highest BCUT2D eigenvalue weighted by Crippen LogP contribution is 2.29. The molecule has 0 fully saturated rings. The summed E-state index contributed by atoms with van der Waals surface area (Å²) in [7, 11) is 1.64. The second-order valence-electron chi connectivity index (χ2n) is 5.03. The van der Waals surface area contributed by atoms with Crippen LogP contribution in [0.3, 0.4) is 0 Å². The number of aromatic nitrogens is 2. The zero-order valence-corrected chi connectivity index (χ0v) is 11.6. The molecule has 0 amide bonds. The minimum atomic E-state index is 0.147. The van der Waals surface area contributed by atoms with Crippen LogP contribution in [0.1, 0.15) is 34.5 Å². The summed E-state index contributed by atoms with van der Waals surface area (Å²) in [6.07, 6.45) is 3.96. The normalized spacial score (nSPS) is 14.0. The SMILES string of the molecule is COc1cc(C)ccc1-c1ncc2c(n1)CCCC2=O. The van der Waals surface area contributed by atoms with Crippen LogP contribution in [0, 0.1) is 6.92 Å². The van der Waals surface area contributed by atoms with Crippen molar-refractivity contribution in [2.24, 2.45) is 0 Å². The van der Waals surface area contributed by atoms with Crippen LogP contribution in [0.2, 0.25) is 0 Å². The van der Waals surface area contributed by atoms with Crippen molar-refractivity contribution in [3.8, 4) is 17.1 Å². The molecular weight excluding hydrogens is 252 g/mol. The van der Waals surface area contributed by atoms with Gasteiger partial charge in [-0.1, -0.05) is 6.07 Å². The molecule has 20 heavy (non-hydrogen) atoms. The highest BCUT2D eigenvalue weighted by atomic mass is 16.5. The summed E-state index contributed by atoms with van der Waals surface area (Å²) in [5, 5.41) is 0. The number of hydrogen-bond donors (Lipinski definition) is 0. The Balaban J connectivity index is 2.09. The molecule has 0 saturated heterocycles. The molecule has 102 valence electrons. The Hall–Kier alpha value is -2.23. The first-order chi connectivity index (χ1) is 9.69. The fourth-order valence-corrected chi connectivity index (χ4v) is 2.50. The first kappa shape index (κ1) is 12.8. The molecule has 1 aromatic carbocycles. The van der Waals surface area contributed by atoms with Crippen LogP contribution < -0.4 is 4.74 Å². The van der Waals surface area contributed by atoms with Gasteiger partial charge in [0.15, 0.2) is 11.6 Å². The van der Waals surface area contributed by atoms with Crippen LogP contribution in [0.5, 0.6) is 5.75 Å². The maximum atomic E-state index is 11.8. The van der Waals surface area contributed by atoms with Crippen LogP contribution in [0.15, 0.2) is 24.4 Å². The van der Waals surface area contributed by atoms with Gasteiger partial charge in [0, 0.05) is 12.6 Å². The van der Waals surface area contributed by atoms with E-state index in [9.17, 15) is 4.79 Å². The fourth-order valence-electron chi connectivity index (χ4n) is 2.50. The van der Waals surface area contributed by atoms with Gasteiger partial charge in [0.2, 0.25) is 0 Å². The van der Waals surface area contributed by atoms with Gasteiger partial charge in [-0.3, -0.25) is 4.79 Å². The van der Waals surface area contributed by atoms with Crippen molar-refractivity contribution in [2.45, 2.75) is 26.2 Å². The number of benzene rings is 1. The van der Waals surface area contributed by atoms with Gasteiger partial charge < -0.3 is 4.74 Å². The largest absolute Gasteiger partial charge is 0.496 e. The molecule has 0 N–H and O–H groups in total. The van der Waals surface area contributed by atoms with Gasteiger partial charge in [0.25, 0.3) is 0 Å². The minimum Gasteiger partial charge on any atom is -0.496 e. The molecule has 3 rings (SSSR count). The number of hydrogen-bond acceptors (Lipinski definition) is 4. The molecule has 2 aromatic rings. The number of rotatable bonds is 2. The molecule has 0 unspecified atom stereocenters.